The number of nitrogens with zero attached hydrogens (tertiary/aromatic N) is 1. The van der Waals surface area contributed by atoms with E-state index in [2.05, 4.69) is 38.3 Å². The van der Waals surface area contributed by atoms with Crippen LogP contribution in [0.4, 0.5) is 4.39 Å². The molecule has 1 aliphatic heterocycles. The normalized spacial score (nSPS) is 22.9. The number of benzene rings is 2. The zero-order chi connectivity index (χ0) is 31.7. The summed E-state index contributed by atoms with van der Waals surface area (Å²) < 4.78 is 15.0. The predicted octanol–water partition coefficient (Wildman–Crippen LogP) is 12.1. The predicted molar refractivity (Wildman–Crippen MR) is 188 cm³/mol. The maximum absolute atomic E-state index is 15.0. The molecule has 4 atom stereocenters. The van der Waals surface area contributed by atoms with Crippen LogP contribution in [0.25, 0.3) is 0 Å². The van der Waals surface area contributed by atoms with Gasteiger partial charge in [-0.05, 0) is 91.5 Å². The molecule has 1 saturated carbocycles. The van der Waals surface area contributed by atoms with Gasteiger partial charge in [-0.25, -0.2) is 4.39 Å². The van der Waals surface area contributed by atoms with E-state index in [1.165, 1.54) is 51.4 Å². The number of likely N-dealkylation sites (tertiary alicyclic amines) is 1. The highest BCUT2D eigenvalue weighted by Crippen LogP contribution is 2.54. The molecular weight excluding hydrogens is 608 g/mol. The first-order valence-corrected chi connectivity index (χ1v) is 18.8. The highest BCUT2D eigenvalue weighted by atomic mass is 35.5. The van der Waals surface area contributed by atoms with Crippen molar-refractivity contribution in [3.63, 3.8) is 0 Å². The molecule has 0 spiro atoms. The van der Waals surface area contributed by atoms with Crippen LogP contribution in [0, 0.1) is 23.1 Å². The fourth-order valence-electron chi connectivity index (χ4n) is 7.31. The van der Waals surface area contributed by atoms with Crippen LogP contribution in [0.3, 0.4) is 0 Å². The molecule has 6 heteroatoms. The van der Waals surface area contributed by atoms with E-state index in [1.54, 1.807) is 12.1 Å². The third-order valence-corrected chi connectivity index (χ3v) is 11.6. The number of allylic oxidation sites excluding steroid dienone is 1. The SMILES string of the molecule is C=CC[C@@]1(C)C[C@H](c2cccc(Cl)c2)[C@@H](c2ccc(Cl)c(F)c2)N(C(CSCCCC(CCCC)CCCC)C2CC2)C1=O. The summed E-state index contributed by atoms with van der Waals surface area (Å²) in [6.45, 7) is 10.7. The van der Waals surface area contributed by atoms with E-state index in [0.29, 0.717) is 23.8 Å². The summed E-state index contributed by atoms with van der Waals surface area (Å²) in [5.41, 5.74) is 1.29. The minimum Gasteiger partial charge on any atom is -0.330 e. The van der Waals surface area contributed by atoms with Crippen LogP contribution in [-0.4, -0.2) is 28.4 Å². The molecule has 1 heterocycles. The van der Waals surface area contributed by atoms with Gasteiger partial charge in [-0.1, -0.05) is 107 Å². The van der Waals surface area contributed by atoms with Gasteiger partial charge in [0, 0.05) is 22.7 Å². The molecular formula is C38H52Cl2FNOS. The molecule has 0 aromatic heterocycles. The number of hydrogen-bond acceptors (Lipinski definition) is 2. The number of amides is 1. The number of halogens is 3. The van der Waals surface area contributed by atoms with Crippen LogP contribution in [-0.2, 0) is 4.79 Å². The lowest BCUT2D eigenvalue weighted by molar-refractivity contribution is -0.154. The van der Waals surface area contributed by atoms with Crippen molar-refractivity contribution in [2.45, 2.75) is 116 Å². The Hall–Kier alpha value is -1.49. The largest absolute Gasteiger partial charge is 0.330 e. The van der Waals surface area contributed by atoms with E-state index >= 15 is 4.39 Å². The average molecular weight is 661 g/mol. The first-order chi connectivity index (χ1) is 21.2. The fourth-order valence-corrected chi connectivity index (χ4v) is 8.84. The Morgan fingerprint density at radius 3 is 2.36 bits per heavy atom. The zero-order valence-corrected chi connectivity index (χ0v) is 29.3. The lowest BCUT2D eigenvalue weighted by Crippen LogP contribution is -2.56. The molecule has 2 aromatic rings. The van der Waals surface area contributed by atoms with Gasteiger partial charge in [-0.15, -0.1) is 6.58 Å². The average Bonchev–Trinajstić information content (AvgIpc) is 3.85. The van der Waals surface area contributed by atoms with Crippen molar-refractivity contribution in [2.75, 3.05) is 11.5 Å². The Bertz CT molecular complexity index is 1230. The Balaban J connectivity index is 1.63. The zero-order valence-electron chi connectivity index (χ0n) is 27.0. The van der Waals surface area contributed by atoms with Crippen molar-refractivity contribution in [1.82, 2.24) is 4.90 Å². The van der Waals surface area contributed by atoms with Crippen LogP contribution in [0.5, 0.6) is 0 Å². The molecule has 2 fully saturated rings. The van der Waals surface area contributed by atoms with Crippen molar-refractivity contribution >= 4 is 40.9 Å². The Kier molecular flexibility index (Phi) is 13.6. The molecule has 1 aliphatic carbocycles. The van der Waals surface area contributed by atoms with Gasteiger partial charge >= 0.3 is 0 Å². The van der Waals surface area contributed by atoms with E-state index in [0.717, 1.165) is 41.4 Å². The van der Waals surface area contributed by atoms with Gasteiger partial charge in [-0.3, -0.25) is 4.79 Å². The van der Waals surface area contributed by atoms with Gasteiger partial charge in [0.25, 0.3) is 0 Å². The molecule has 2 aliphatic rings. The van der Waals surface area contributed by atoms with Crippen LogP contribution in [0.1, 0.15) is 121 Å². The third kappa shape index (κ3) is 9.07. The maximum Gasteiger partial charge on any atom is 0.229 e. The Morgan fingerprint density at radius 2 is 1.75 bits per heavy atom. The van der Waals surface area contributed by atoms with Gasteiger partial charge in [0.05, 0.1) is 16.5 Å². The lowest BCUT2D eigenvalue weighted by atomic mass is 9.67. The molecule has 1 amide bonds. The highest BCUT2D eigenvalue weighted by molar-refractivity contribution is 7.99. The fraction of sp³-hybridized carbons (Fsp3) is 0.605. The van der Waals surface area contributed by atoms with Gasteiger partial charge < -0.3 is 4.90 Å². The monoisotopic (exact) mass is 659 g/mol. The quantitative estimate of drug-likeness (QED) is 0.117. The molecule has 1 saturated heterocycles. The summed E-state index contributed by atoms with van der Waals surface area (Å²) in [7, 11) is 0. The van der Waals surface area contributed by atoms with Crippen LogP contribution in [0.2, 0.25) is 10.0 Å². The lowest BCUT2D eigenvalue weighted by Gasteiger charge is -2.52. The summed E-state index contributed by atoms with van der Waals surface area (Å²) >= 11 is 14.7. The highest BCUT2D eigenvalue weighted by Gasteiger charge is 2.53. The van der Waals surface area contributed by atoms with Crippen molar-refractivity contribution in [1.29, 1.82) is 0 Å². The number of piperidine rings is 1. The summed E-state index contributed by atoms with van der Waals surface area (Å²) in [6, 6.07) is 12.9. The third-order valence-electron chi connectivity index (χ3n) is 9.90. The second-order valence-electron chi connectivity index (χ2n) is 13.5. The van der Waals surface area contributed by atoms with Gasteiger partial charge in [0.1, 0.15) is 5.82 Å². The minimum atomic E-state index is -0.597. The molecule has 0 N–H and O–H groups in total. The maximum atomic E-state index is 15.0. The molecule has 0 bridgehead atoms. The number of carbonyl (C=O) groups is 1. The number of rotatable bonds is 18. The van der Waals surface area contributed by atoms with Crippen molar-refractivity contribution in [3.05, 3.63) is 82.1 Å². The van der Waals surface area contributed by atoms with E-state index in [1.807, 2.05) is 42.1 Å². The first kappa shape index (κ1) is 35.4. The van der Waals surface area contributed by atoms with Crippen LogP contribution < -0.4 is 0 Å². The van der Waals surface area contributed by atoms with E-state index in [9.17, 15) is 4.79 Å². The van der Waals surface area contributed by atoms with Crippen molar-refractivity contribution in [3.8, 4) is 0 Å². The van der Waals surface area contributed by atoms with E-state index in [4.69, 9.17) is 23.2 Å². The van der Waals surface area contributed by atoms with Gasteiger partial charge in [-0.2, -0.15) is 11.8 Å². The van der Waals surface area contributed by atoms with Crippen LogP contribution >= 0.6 is 35.0 Å². The standard InChI is InChI=1S/C38H52Cl2FNOS/c1-5-8-12-27(13-9-6-2)14-11-22-44-26-35(28-17-18-28)42-36(30-19-20-33(40)34(41)24-30)32(29-15-10-16-31(39)23-29)25-38(4,21-7-3)37(42)43/h7,10,15-16,19-20,23-24,27-28,32,35-36H,3,5-6,8-9,11-14,17-18,21-22,25-26H2,1-2,4H3/t32-,35?,36-,38+/m1/s1. The topological polar surface area (TPSA) is 20.3 Å². The second-order valence-corrected chi connectivity index (χ2v) is 15.5. The summed E-state index contributed by atoms with van der Waals surface area (Å²) in [6.07, 6.45) is 15.8. The van der Waals surface area contributed by atoms with E-state index < -0.39 is 11.2 Å². The molecule has 44 heavy (non-hydrogen) atoms. The van der Waals surface area contributed by atoms with Crippen molar-refractivity contribution < 1.29 is 9.18 Å². The summed E-state index contributed by atoms with van der Waals surface area (Å²) in [5.74, 6) is 3.00. The molecule has 4 rings (SSSR count). The first-order valence-electron chi connectivity index (χ1n) is 16.9. The van der Waals surface area contributed by atoms with Crippen LogP contribution in [0.15, 0.2) is 55.1 Å². The molecule has 242 valence electrons. The summed E-state index contributed by atoms with van der Waals surface area (Å²) in [5, 5.41) is 0.770. The number of unbranched alkanes of at least 4 members (excludes halogenated alkanes) is 2. The smallest absolute Gasteiger partial charge is 0.229 e. The van der Waals surface area contributed by atoms with E-state index in [-0.39, 0.29) is 28.9 Å². The number of carbonyl (C=O) groups excluding carboxylic acids is 1. The number of hydrogen-bond donors (Lipinski definition) is 0. The molecule has 2 nitrogen and oxygen atoms in total. The molecule has 2 aromatic carbocycles. The second kappa shape index (κ2) is 16.9. The molecule has 0 radical (unpaired) electrons. The summed E-state index contributed by atoms with van der Waals surface area (Å²) in [4.78, 5) is 16.9. The minimum absolute atomic E-state index is 0.0407. The Morgan fingerprint density at radius 1 is 1.05 bits per heavy atom. The van der Waals surface area contributed by atoms with Gasteiger partial charge in [0.2, 0.25) is 5.91 Å². The Labute approximate surface area is 280 Å². The van der Waals surface area contributed by atoms with Crippen molar-refractivity contribution in [2.24, 2.45) is 17.3 Å². The van der Waals surface area contributed by atoms with Gasteiger partial charge in [0.15, 0.2) is 0 Å². The number of thioether (sulfide) groups is 1. The molecule has 1 unspecified atom stereocenters.